The molecular weight excluding hydrogens is 356 g/mol. The first-order chi connectivity index (χ1) is 13.1. The summed E-state index contributed by atoms with van der Waals surface area (Å²) >= 11 is 1.63. The summed E-state index contributed by atoms with van der Waals surface area (Å²) < 4.78 is 1.63. The number of hydrogen-bond donors (Lipinski definition) is 2. The van der Waals surface area contributed by atoms with Crippen LogP contribution in [0.5, 0.6) is 0 Å². The molecule has 0 amide bonds. The molecule has 2 aromatic heterocycles. The Morgan fingerprint density at radius 2 is 2.04 bits per heavy atom. The van der Waals surface area contributed by atoms with Crippen molar-refractivity contribution in [1.29, 1.82) is 0 Å². The Morgan fingerprint density at radius 3 is 2.85 bits per heavy atom. The van der Waals surface area contributed by atoms with Gasteiger partial charge in [0.05, 0.1) is 15.9 Å². The standard InChI is InChI=1S/C21H22N4OS/c1-14(15-6-4-3-5-7-15)10-11-22-20-23-13-19(27-20)16-8-9-17-18(12-16)25(2)21(26)24-17/h3-9,12-14H,10-11H2,1-2H3,(H,22,23)(H,24,26)/t14-/m1/s1. The highest BCUT2D eigenvalue weighted by atomic mass is 32.1. The van der Waals surface area contributed by atoms with Gasteiger partial charge in [-0.25, -0.2) is 9.78 Å². The Morgan fingerprint density at radius 1 is 1.22 bits per heavy atom. The number of aryl methyl sites for hydroxylation is 1. The number of imidazole rings is 1. The number of anilines is 1. The average molecular weight is 379 g/mol. The molecule has 2 N–H and O–H groups in total. The smallest absolute Gasteiger partial charge is 0.326 e. The van der Waals surface area contributed by atoms with Crippen molar-refractivity contribution < 1.29 is 0 Å². The van der Waals surface area contributed by atoms with Crippen molar-refractivity contribution in [2.75, 3.05) is 11.9 Å². The lowest BCUT2D eigenvalue weighted by Crippen LogP contribution is -2.11. The van der Waals surface area contributed by atoms with Crippen molar-refractivity contribution in [3.63, 3.8) is 0 Å². The van der Waals surface area contributed by atoms with Crippen LogP contribution in [-0.4, -0.2) is 21.1 Å². The van der Waals surface area contributed by atoms with Gasteiger partial charge >= 0.3 is 5.69 Å². The number of rotatable bonds is 6. The van der Waals surface area contributed by atoms with Crippen LogP contribution >= 0.6 is 11.3 Å². The number of nitrogens with one attached hydrogen (secondary N) is 2. The molecule has 4 aromatic rings. The average Bonchev–Trinajstić information content (AvgIpc) is 3.27. The van der Waals surface area contributed by atoms with Gasteiger partial charge in [-0.2, -0.15) is 0 Å². The number of fused-ring (bicyclic) bond motifs is 1. The fourth-order valence-electron chi connectivity index (χ4n) is 3.21. The summed E-state index contributed by atoms with van der Waals surface area (Å²) in [5.41, 5.74) is 4.09. The molecule has 0 aliphatic rings. The highest BCUT2D eigenvalue weighted by molar-refractivity contribution is 7.18. The lowest BCUT2D eigenvalue weighted by Gasteiger charge is -2.11. The van der Waals surface area contributed by atoms with E-state index in [0.29, 0.717) is 5.92 Å². The summed E-state index contributed by atoms with van der Waals surface area (Å²) in [4.78, 5) is 20.2. The van der Waals surface area contributed by atoms with Gasteiger partial charge in [0.25, 0.3) is 0 Å². The van der Waals surface area contributed by atoms with E-state index in [0.717, 1.165) is 39.6 Å². The van der Waals surface area contributed by atoms with Crippen LogP contribution in [0.25, 0.3) is 21.5 Å². The first-order valence-electron chi connectivity index (χ1n) is 9.05. The third kappa shape index (κ3) is 3.66. The molecule has 0 saturated carbocycles. The second kappa shape index (κ2) is 7.40. The predicted octanol–water partition coefficient (Wildman–Crippen LogP) is 4.60. The lowest BCUT2D eigenvalue weighted by molar-refractivity contribution is 0.706. The van der Waals surface area contributed by atoms with Crippen molar-refractivity contribution >= 4 is 27.5 Å². The van der Waals surface area contributed by atoms with E-state index in [1.807, 2.05) is 30.5 Å². The van der Waals surface area contributed by atoms with Crippen molar-refractivity contribution in [3.8, 4) is 10.4 Å². The molecule has 138 valence electrons. The largest absolute Gasteiger partial charge is 0.361 e. The Kier molecular flexibility index (Phi) is 4.81. The first kappa shape index (κ1) is 17.5. The second-order valence-electron chi connectivity index (χ2n) is 6.78. The molecule has 0 aliphatic heterocycles. The Bertz CT molecular complexity index is 1110. The zero-order valence-electron chi connectivity index (χ0n) is 15.4. The molecule has 4 rings (SSSR count). The molecule has 6 heteroatoms. The maximum absolute atomic E-state index is 11.8. The van der Waals surface area contributed by atoms with E-state index in [9.17, 15) is 4.79 Å². The number of nitrogens with zero attached hydrogens (tertiary/aromatic N) is 2. The molecule has 0 aliphatic carbocycles. The van der Waals surface area contributed by atoms with Crippen LogP contribution in [0.3, 0.4) is 0 Å². The predicted molar refractivity (Wildman–Crippen MR) is 113 cm³/mol. The van der Waals surface area contributed by atoms with Crippen molar-refractivity contribution in [2.24, 2.45) is 7.05 Å². The Labute approximate surface area is 161 Å². The second-order valence-corrected chi connectivity index (χ2v) is 7.81. The van der Waals surface area contributed by atoms with Crippen LogP contribution in [0, 0.1) is 0 Å². The monoisotopic (exact) mass is 378 g/mol. The third-order valence-corrected chi connectivity index (χ3v) is 5.92. The molecule has 0 radical (unpaired) electrons. The van der Waals surface area contributed by atoms with Gasteiger partial charge in [-0.3, -0.25) is 4.57 Å². The minimum absolute atomic E-state index is 0.0960. The van der Waals surface area contributed by atoms with Gasteiger partial charge in [0.2, 0.25) is 0 Å². The van der Waals surface area contributed by atoms with Crippen LogP contribution in [0.2, 0.25) is 0 Å². The van der Waals surface area contributed by atoms with Gasteiger partial charge in [-0.15, -0.1) is 0 Å². The summed E-state index contributed by atoms with van der Waals surface area (Å²) in [5, 5.41) is 4.36. The van der Waals surface area contributed by atoms with E-state index < -0.39 is 0 Å². The van der Waals surface area contributed by atoms with Crippen molar-refractivity contribution in [3.05, 3.63) is 70.8 Å². The normalized spacial score (nSPS) is 12.4. The summed E-state index contributed by atoms with van der Waals surface area (Å²) in [5.74, 6) is 0.510. The van der Waals surface area contributed by atoms with Crippen LogP contribution in [0.4, 0.5) is 5.13 Å². The minimum Gasteiger partial charge on any atom is -0.361 e. The minimum atomic E-state index is -0.0960. The highest BCUT2D eigenvalue weighted by Gasteiger charge is 2.09. The van der Waals surface area contributed by atoms with E-state index in [1.54, 1.807) is 23.0 Å². The van der Waals surface area contributed by atoms with E-state index in [1.165, 1.54) is 5.56 Å². The SMILES string of the molecule is C[C@H](CCNc1ncc(-c2ccc3[nH]c(=O)n(C)c3c2)s1)c1ccccc1. The molecule has 2 heterocycles. The third-order valence-electron chi connectivity index (χ3n) is 4.92. The van der Waals surface area contributed by atoms with Gasteiger partial charge in [-0.1, -0.05) is 54.7 Å². The molecule has 0 unspecified atom stereocenters. The first-order valence-corrected chi connectivity index (χ1v) is 9.87. The summed E-state index contributed by atoms with van der Waals surface area (Å²) in [6, 6.07) is 16.6. The topological polar surface area (TPSA) is 62.7 Å². The number of aromatic nitrogens is 3. The number of thiazole rings is 1. The fourth-order valence-corrected chi connectivity index (χ4v) is 4.05. The van der Waals surface area contributed by atoms with Gasteiger partial charge < -0.3 is 10.3 Å². The number of H-pyrrole nitrogens is 1. The van der Waals surface area contributed by atoms with Gasteiger partial charge in [0, 0.05) is 19.8 Å². The van der Waals surface area contributed by atoms with Crippen LogP contribution in [0.15, 0.2) is 59.5 Å². The van der Waals surface area contributed by atoms with Gasteiger partial charge in [0.15, 0.2) is 5.13 Å². The molecule has 1 atom stereocenters. The summed E-state index contributed by atoms with van der Waals surface area (Å²) in [6.45, 7) is 3.13. The van der Waals surface area contributed by atoms with Crippen molar-refractivity contribution in [1.82, 2.24) is 14.5 Å². The van der Waals surface area contributed by atoms with Crippen LogP contribution < -0.4 is 11.0 Å². The maximum Gasteiger partial charge on any atom is 0.326 e. The fraction of sp³-hybridized carbons (Fsp3) is 0.238. The summed E-state index contributed by atoms with van der Waals surface area (Å²) in [6.07, 6.45) is 2.94. The number of benzene rings is 2. The Balaban J connectivity index is 1.43. The lowest BCUT2D eigenvalue weighted by atomic mass is 9.98. The molecule has 0 fully saturated rings. The molecule has 0 spiro atoms. The van der Waals surface area contributed by atoms with E-state index in [2.05, 4.69) is 46.5 Å². The molecule has 27 heavy (non-hydrogen) atoms. The van der Waals surface area contributed by atoms with E-state index in [-0.39, 0.29) is 5.69 Å². The van der Waals surface area contributed by atoms with Crippen LogP contribution in [-0.2, 0) is 7.05 Å². The summed E-state index contributed by atoms with van der Waals surface area (Å²) in [7, 11) is 1.78. The zero-order valence-corrected chi connectivity index (χ0v) is 16.2. The highest BCUT2D eigenvalue weighted by Crippen LogP contribution is 2.30. The zero-order chi connectivity index (χ0) is 18.8. The molecule has 2 aromatic carbocycles. The van der Waals surface area contributed by atoms with Crippen LogP contribution in [0.1, 0.15) is 24.8 Å². The molecule has 0 saturated heterocycles. The van der Waals surface area contributed by atoms with Crippen molar-refractivity contribution in [2.45, 2.75) is 19.3 Å². The molecule has 0 bridgehead atoms. The van der Waals surface area contributed by atoms with Gasteiger partial charge in [-0.05, 0) is 35.6 Å². The molecular formula is C21H22N4OS. The quantitative estimate of drug-likeness (QED) is 0.516. The van der Waals surface area contributed by atoms with E-state index >= 15 is 0 Å². The maximum atomic E-state index is 11.8. The van der Waals surface area contributed by atoms with Gasteiger partial charge in [0.1, 0.15) is 0 Å². The van der Waals surface area contributed by atoms with E-state index in [4.69, 9.17) is 0 Å². The molecule has 5 nitrogen and oxygen atoms in total. The number of aromatic amines is 1. The number of hydrogen-bond acceptors (Lipinski definition) is 4. The Hall–Kier alpha value is -2.86.